The number of ether oxygens (including phenoxy) is 1. The summed E-state index contributed by atoms with van der Waals surface area (Å²) in [6.07, 6.45) is 1.53. The molecule has 0 unspecified atom stereocenters. The molecule has 3 aromatic carbocycles. The minimum Gasteiger partial charge on any atom is -0.492 e. The number of hydrogen-bond acceptors (Lipinski definition) is 5. The number of aromatic nitrogens is 1. The van der Waals surface area contributed by atoms with E-state index in [1.54, 1.807) is 6.07 Å². The normalized spacial score (nSPS) is 15.2. The first-order valence-corrected chi connectivity index (χ1v) is 9.28. The minimum atomic E-state index is -0.654. The first-order chi connectivity index (χ1) is 14.1. The smallest absolute Gasteiger partial charge is 0.419 e. The monoisotopic (exact) mass is 384 g/mol. The van der Waals surface area contributed by atoms with E-state index in [4.69, 9.17) is 9.15 Å². The molecule has 2 N–H and O–H groups in total. The molecular weight excluding hydrogens is 368 g/mol. The van der Waals surface area contributed by atoms with E-state index in [1.807, 2.05) is 48.5 Å². The third-order valence-electron chi connectivity index (χ3n) is 5.40. The maximum absolute atomic E-state index is 11.4. The van der Waals surface area contributed by atoms with Crippen LogP contribution in [-0.2, 0) is 6.42 Å². The van der Waals surface area contributed by atoms with Gasteiger partial charge in [0, 0.05) is 16.7 Å². The van der Waals surface area contributed by atoms with Gasteiger partial charge in [0.1, 0.15) is 11.5 Å². The first kappa shape index (κ1) is 17.1. The zero-order valence-corrected chi connectivity index (χ0v) is 15.3. The molecule has 0 fully saturated rings. The third kappa shape index (κ3) is 2.84. The molecule has 6 heteroatoms. The molecule has 1 aliphatic rings. The van der Waals surface area contributed by atoms with Crippen molar-refractivity contribution >= 4 is 10.8 Å². The number of aromatic hydroxyl groups is 1. The molecule has 1 heterocycles. The fraction of sp³-hybridized carbons (Fsp3) is 0.130. The summed E-state index contributed by atoms with van der Waals surface area (Å²) in [4.78, 5) is 13.6. The number of nitriles is 1. The molecule has 0 aliphatic heterocycles. The van der Waals surface area contributed by atoms with Gasteiger partial charge in [-0.3, -0.25) is 4.98 Å². The molecule has 142 valence electrons. The third-order valence-corrected chi connectivity index (χ3v) is 5.40. The van der Waals surface area contributed by atoms with Crippen molar-refractivity contribution in [1.82, 2.24) is 4.98 Å². The van der Waals surface area contributed by atoms with Gasteiger partial charge >= 0.3 is 5.76 Å². The molecule has 1 aliphatic carbocycles. The van der Waals surface area contributed by atoms with Gasteiger partial charge in [-0.2, -0.15) is 5.26 Å². The van der Waals surface area contributed by atoms with Crippen molar-refractivity contribution in [3.05, 3.63) is 87.6 Å². The lowest BCUT2D eigenvalue weighted by Crippen LogP contribution is -1.97. The number of nitrogens with zero attached hydrogens (tertiary/aromatic N) is 1. The Morgan fingerprint density at radius 1 is 1.14 bits per heavy atom. The van der Waals surface area contributed by atoms with Crippen LogP contribution in [0.4, 0.5) is 0 Å². The summed E-state index contributed by atoms with van der Waals surface area (Å²) in [6.45, 7) is 0. The summed E-state index contributed by atoms with van der Waals surface area (Å²) >= 11 is 0. The number of benzene rings is 3. The maximum Gasteiger partial charge on any atom is 0.419 e. The summed E-state index contributed by atoms with van der Waals surface area (Å²) in [5, 5.41) is 21.0. The number of H-pyrrole nitrogens is 1. The van der Waals surface area contributed by atoms with Crippen LogP contribution in [0.5, 0.6) is 17.4 Å². The maximum atomic E-state index is 11.4. The van der Waals surface area contributed by atoms with Gasteiger partial charge in [-0.1, -0.05) is 30.3 Å². The van der Waals surface area contributed by atoms with Gasteiger partial charge in [-0.15, -0.1) is 0 Å². The average Bonchev–Trinajstić information content (AvgIpc) is 3.29. The van der Waals surface area contributed by atoms with Crippen LogP contribution in [0.2, 0.25) is 0 Å². The molecule has 0 saturated heterocycles. The summed E-state index contributed by atoms with van der Waals surface area (Å²) in [6, 6.07) is 19.2. The lowest BCUT2D eigenvalue weighted by atomic mass is 9.99. The Kier molecular flexibility index (Phi) is 3.88. The number of aromatic amines is 1. The van der Waals surface area contributed by atoms with Gasteiger partial charge in [0.2, 0.25) is 5.88 Å². The van der Waals surface area contributed by atoms with E-state index in [0.717, 1.165) is 34.7 Å². The van der Waals surface area contributed by atoms with Gasteiger partial charge in [-0.25, -0.2) is 4.79 Å². The van der Waals surface area contributed by atoms with E-state index in [-0.39, 0.29) is 17.6 Å². The number of aryl methyl sites for hydroxylation is 1. The molecular formula is C23H16N2O4. The fourth-order valence-electron chi connectivity index (χ4n) is 4.08. The van der Waals surface area contributed by atoms with Crippen molar-refractivity contribution in [3.8, 4) is 23.4 Å². The highest BCUT2D eigenvalue weighted by Gasteiger charge is 2.30. The van der Waals surface area contributed by atoms with Gasteiger partial charge in [-0.05, 0) is 48.2 Å². The standard InChI is InChI=1S/C23H16N2O4/c24-12-14-6-10-20(18-4-2-1-3-16(14)18)28-15-7-9-17-13(11-15)5-8-19(17)21-22(26)25-23(27)29-21/h1-4,6-7,9-11,19,26H,5,8H2,(H,25,27)/t19-/m1/s1. The molecule has 29 heavy (non-hydrogen) atoms. The van der Waals surface area contributed by atoms with E-state index >= 15 is 0 Å². The number of nitrogens with one attached hydrogen (secondary N) is 1. The summed E-state index contributed by atoms with van der Waals surface area (Å²) in [7, 11) is 0. The van der Waals surface area contributed by atoms with Crippen molar-refractivity contribution in [3.63, 3.8) is 0 Å². The Morgan fingerprint density at radius 2 is 1.97 bits per heavy atom. The van der Waals surface area contributed by atoms with Crippen LogP contribution in [0.3, 0.4) is 0 Å². The molecule has 4 aromatic rings. The van der Waals surface area contributed by atoms with Gasteiger partial charge in [0.05, 0.1) is 11.6 Å². The molecule has 1 atom stereocenters. The number of rotatable bonds is 3. The second kappa shape index (κ2) is 6.57. The molecule has 6 nitrogen and oxygen atoms in total. The molecule has 0 spiro atoms. The fourth-order valence-corrected chi connectivity index (χ4v) is 4.08. The first-order valence-electron chi connectivity index (χ1n) is 9.28. The Balaban J connectivity index is 1.50. The van der Waals surface area contributed by atoms with Crippen molar-refractivity contribution < 1.29 is 14.3 Å². The summed E-state index contributed by atoms with van der Waals surface area (Å²) in [5.41, 5.74) is 2.71. The molecule has 1 aromatic heterocycles. The number of hydrogen-bond donors (Lipinski definition) is 2. The highest BCUT2D eigenvalue weighted by molar-refractivity contribution is 5.92. The Bertz CT molecular complexity index is 1340. The number of oxazole rings is 1. The summed E-state index contributed by atoms with van der Waals surface area (Å²) in [5.74, 6) is 0.632. The SMILES string of the molecule is N#Cc1ccc(Oc2ccc3c(c2)CC[C@H]3c2oc(=O)[nH]c2O)c2ccccc12. The van der Waals surface area contributed by atoms with Gasteiger partial charge in [0.25, 0.3) is 0 Å². The second-order valence-corrected chi connectivity index (χ2v) is 7.05. The molecule has 5 rings (SSSR count). The zero-order valence-electron chi connectivity index (χ0n) is 15.3. The molecule has 0 saturated carbocycles. The van der Waals surface area contributed by atoms with Gasteiger partial charge in [0.15, 0.2) is 5.76 Å². The lowest BCUT2D eigenvalue weighted by molar-refractivity contribution is 0.407. The minimum absolute atomic E-state index is 0.159. The van der Waals surface area contributed by atoms with Crippen LogP contribution >= 0.6 is 0 Å². The molecule has 0 radical (unpaired) electrons. The van der Waals surface area contributed by atoms with Crippen LogP contribution in [0.15, 0.2) is 63.8 Å². The lowest BCUT2D eigenvalue weighted by Gasteiger charge is -2.12. The van der Waals surface area contributed by atoms with Crippen LogP contribution < -0.4 is 10.5 Å². The Hall–Kier alpha value is -3.98. The second-order valence-electron chi connectivity index (χ2n) is 7.05. The summed E-state index contributed by atoms with van der Waals surface area (Å²) < 4.78 is 11.3. The average molecular weight is 384 g/mol. The topological polar surface area (TPSA) is 99.2 Å². The molecule has 0 amide bonds. The van der Waals surface area contributed by atoms with Crippen molar-refractivity contribution in [2.24, 2.45) is 0 Å². The van der Waals surface area contributed by atoms with Crippen LogP contribution in [0.25, 0.3) is 10.8 Å². The van der Waals surface area contributed by atoms with Crippen molar-refractivity contribution in [2.45, 2.75) is 18.8 Å². The van der Waals surface area contributed by atoms with E-state index in [0.29, 0.717) is 17.1 Å². The highest BCUT2D eigenvalue weighted by Crippen LogP contribution is 2.42. The van der Waals surface area contributed by atoms with Crippen LogP contribution in [0, 0.1) is 11.3 Å². The van der Waals surface area contributed by atoms with E-state index in [2.05, 4.69) is 11.1 Å². The zero-order chi connectivity index (χ0) is 20.0. The highest BCUT2D eigenvalue weighted by atomic mass is 16.5. The predicted octanol–water partition coefficient (Wildman–Crippen LogP) is 4.57. The quantitative estimate of drug-likeness (QED) is 0.539. The van der Waals surface area contributed by atoms with Crippen LogP contribution in [0.1, 0.15) is 34.8 Å². The Labute approximate surface area is 165 Å². The number of fused-ring (bicyclic) bond motifs is 2. The largest absolute Gasteiger partial charge is 0.492 e. The van der Waals surface area contributed by atoms with Crippen molar-refractivity contribution in [2.75, 3.05) is 0 Å². The van der Waals surface area contributed by atoms with E-state index in [9.17, 15) is 15.2 Å². The van der Waals surface area contributed by atoms with Gasteiger partial charge < -0.3 is 14.3 Å². The van der Waals surface area contributed by atoms with E-state index < -0.39 is 5.76 Å². The predicted molar refractivity (Wildman–Crippen MR) is 106 cm³/mol. The Morgan fingerprint density at radius 3 is 2.72 bits per heavy atom. The van der Waals surface area contributed by atoms with Crippen LogP contribution in [-0.4, -0.2) is 10.1 Å². The van der Waals surface area contributed by atoms with Crippen molar-refractivity contribution in [1.29, 1.82) is 5.26 Å². The molecule has 0 bridgehead atoms. The van der Waals surface area contributed by atoms with E-state index in [1.165, 1.54) is 0 Å².